The van der Waals surface area contributed by atoms with Crippen molar-refractivity contribution < 1.29 is 18.3 Å². The summed E-state index contributed by atoms with van der Waals surface area (Å²) in [6, 6.07) is 12.4. The van der Waals surface area contributed by atoms with E-state index in [2.05, 4.69) is 25.5 Å². The van der Waals surface area contributed by atoms with Gasteiger partial charge in [0, 0.05) is 6.54 Å². The predicted octanol–water partition coefficient (Wildman–Crippen LogP) is 3.62. The van der Waals surface area contributed by atoms with E-state index in [9.17, 15) is 18.3 Å². The molecule has 6 heteroatoms. The number of hydrogen-bond donors (Lipinski definition) is 2. The molecule has 0 fully saturated rings. The second kappa shape index (κ2) is 7.68. The van der Waals surface area contributed by atoms with Crippen LogP contribution in [0.3, 0.4) is 0 Å². The van der Waals surface area contributed by atoms with Gasteiger partial charge in [-0.25, -0.2) is 13.1 Å². The summed E-state index contributed by atoms with van der Waals surface area (Å²) in [4.78, 5) is 11.9. The van der Waals surface area contributed by atoms with Crippen LogP contribution in [0.4, 0.5) is 0 Å². The Morgan fingerprint density at radius 1 is 1.07 bits per heavy atom. The highest BCUT2D eigenvalue weighted by atomic mass is 32.2. The molecule has 0 aromatic heterocycles. The number of carbonyl (C=O) groups is 1. The standard InChI is InChI=1S/C22H27NO4S/c1-22(2,3)18-9-11-19(12-10-18)28(26,27)23-14-20(21(24)25)17-8-7-15-5-4-6-16(15)13-17/h7-13,20,23H,4-6,14H2,1-3H3,(H,24,25). The number of aryl methyl sites for hydroxylation is 2. The lowest BCUT2D eigenvalue weighted by molar-refractivity contribution is -0.138. The highest BCUT2D eigenvalue weighted by molar-refractivity contribution is 7.89. The van der Waals surface area contributed by atoms with E-state index >= 15 is 0 Å². The van der Waals surface area contributed by atoms with Crippen molar-refractivity contribution in [3.63, 3.8) is 0 Å². The van der Waals surface area contributed by atoms with Gasteiger partial charge in [0.15, 0.2) is 0 Å². The van der Waals surface area contributed by atoms with Crippen molar-refractivity contribution in [3.8, 4) is 0 Å². The van der Waals surface area contributed by atoms with E-state index in [0.717, 1.165) is 24.8 Å². The summed E-state index contributed by atoms with van der Waals surface area (Å²) in [7, 11) is -3.78. The minimum atomic E-state index is -3.78. The second-order valence-corrected chi connectivity index (χ2v) is 10.2. The van der Waals surface area contributed by atoms with Crippen LogP contribution in [0.2, 0.25) is 0 Å². The molecule has 2 N–H and O–H groups in total. The zero-order chi connectivity index (χ0) is 20.5. The molecule has 5 nitrogen and oxygen atoms in total. The molecule has 150 valence electrons. The monoisotopic (exact) mass is 401 g/mol. The summed E-state index contributed by atoms with van der Waals surface area (Å²) in [6.07, 6.45) is 3.04. The van der Waals surface area contributed by atoms with E-state index < -0.39 is 21.9 Å². The number of benzene rings is 2. The first-order valence-corrected chi connectivity index (χ1v) is 11.0. The Hall–Kier alpha value is -2.18. The van der Waals surface area contributed by atoms with Gasteiger partial charge in [-0.3, -0.25) is 4.79 Å². The molecule has 0 heterocycles. The van der Waals surface area contributed by atoms with Gasteiger partial charge in [0.05, 0.1) is 10.8 Å². The molecule has 3 rings (SSSR count). The van der Waals surface area contributed by atoms with Gasteiger partial charge >= 0.3 is 5.97 Å². The number of carboxylic acid groups (broad SMARTS) is 1. The fraction of sp³-hybridized carbons (Fsp3) is 0.409. The largest absolute Gasteiger partial charge is 0.481 e. The fourth-order valence-electron chi connectivity index (χ4n) is 3.57. The van der Waals surface area contributed by atoms with Gasteiger partial charge in [-0.2, -0.15) is 0 Å². The van der Waals surface area contributed by atoms with Gasteiger partial charge in [0.25, 0.3) is 0 Å². The first-order chi connectivity index (χ1) is 13.1. The number of carboxylic acids is 1. The Bertz CT molecular complexity index is 973. The van der Waals surface area contributed by atoms with Gasteiger partial charge in [0.2, 0.25) is 10.0 Å². The van der Waals surface area contributed by atoms with Crippen LogP contribution in [-0.4, -0.2) is 26.0 Å². The summed E-state index contributed by atoms with van der Waals surface area (Å²) in [6.45, 7) is 5.99. The number of fused-ring (bicyclic) bond motifs is 1. The average molecular weight is 402 g/mol. The third kappa shape index (κ3) is 4.45. The predicted molar refractivity (Wildman–Crippen MR) is 109 cm³/mol. The molecule has 0 spiro atoms. The molecule has 28 heavy (non-hydrogen) atoms. The van der Waals surface area contributed by atoms with E-state index in [-0.39, 0.29) is 16.9 Å². The van der Waals surface area contributed by atoms with Crippen molar-refractivity contribution >= 4 is 16.0 Å². The van der Waals surface area contributed by atoms with Crippen molar-refractivity contribution in [2.75, 3.05) is 6.54 Å². The van der Waals surface area contributed by atoms with E-state index in [1.54, 1.807) is 30.3 Å². The van der Waals surface area contributed by atoms with Crippen molar-refractivity contribution in [1.29, 1.82) is 0 Å². The molecule has 0 radical (unpaired) electrons. The highest BCUT2D eigenvalue weighted by Gasteiger charge is 2.25. The zero-order valence-corrected chi connectivity index (χ0v) is 17.3. The van der Waals surface area contributed by atoms with Crippen LogP contribution in [0.25, 0.3) is 0 Å². The first kappa shape index (κ1) is 20.6. The van der Waals surface area contributed by atoms with Crippen LogP contribution in [0.5, 0.6) is 0 Å². The summed E-state index contributed by atoms with van der Waals surface area (Å²) in [5, 5.41) is 9.63. The molecule has 0 amide bonds. The molecule has 2 aromatic carbocycles. The first-order valence-electron chi connectivity index (χ1n) is 9.52. The number of nitrogens with one attached hydrogen (secondary N) is 1. The van der Waals surface area contributed by atoms with Crippen LogP contribution >= 0.6 is 0 Å². The van der Waals surface area contributed by atoms with Crippen LogP contribution < -0.4 is 4.72 Å². The Kier molecular flexibility index (Phi) is 5.64. The van der Waals surface area contributed by atoms with Crippen molar-refractivity contribution in [2.45, 2.75) is 56.3 Å². The van der Waals surface area contributed by atoms with Crippen molar-refractivity contribution in [1.82, 2.24) is 4.72 Å². The Labute approximate surface area is 166 Å². The fourth-order valence-corrected chi connectivity index (χ4v) is 4.61. The lowest BCUT2D eigenvalue weighted by Crippen LogP contribution is -2.32. The maximum absolute atomic E-state index is 12.6. The molecule has 0 bridgehead atoms. The van der Waals surface area contributed by atoms with Crippen LogP contribution in [0.1, 0.15) is 55.4 Å². The molecule has 2 aromatic rings. The smallest absolute Gasteiger partial charge is 0.312 e. The number of rotatable bonds is 6. The van der Waals surface area contributed by atoms with Gasteiger partial charge in [-0.15, -0.1) is 0 Å². The Morgan fingerprint density at radius 3 is 2.32 bits per heavy atom. The van der Waals surface area contributed by atoms with Gasteiger partial charge in [0.1, 0.15) is 0 Å². The Balaban J connectivity index is 1.77. The molecule has 1 unspecified atom stereocenters. The molecule has 0 saturated heterocycles. The highest BCUT2D eigenvalue weighted by Crippen LogP contribution is 2.27. The van der Waals surface area contributed by atoms with Crippen LogP contribution in [0, 0.1) is 0 Å². The van der Waals surface area contributed by atoms with Crippen LogP contribution in [-0.2, 0) is 33.1 Å². The topological polar surface area (TPSA) is 83.5 Å². The third-order valence-corrected chi connectivity index (χ3v) is 6.77. The number of hydrogen-bond acceptors (Lipinski definition) is 3. The number of sulfonamides is 1. The third-order valence-electron chi connectivity index (χ3n) is 5.33. The lowest BCUT2D eigenvalue weighted by Gasteiger charge is -2.19. The Morgan fingerprint density at radius 2 is 1.71 bits per heavy atom. The van der Waals surface area contributed by atoms with E-state index in [4.69, 9.17) is 0 Å². The van der Waals surface area contributed by atoms with E-state index in [0.29, 0.717) is 5.56 Å². The molecule has 0 aliphatic heterocycles. The summed E-state index contributed by atoms with van der Waals surface area (Å²) < 4.78 is 27.7. The van der Waals surface area contributed by atoms with Gasteiger partial charge in [-0.05, 0) is 59.1 Å². The minimum Gasteiger partial charge on any atom is -0.481 e. The summed E-state index contributed by atoms with van der Waals surface area (Å²) in [5.74, 6) is -1.96. The lowest BCUT2D eigenvalue weighted by atomic mass is 9.87. The number of aliphatic carboxylic acids is 1. The molecule has 0 saturated carbocycles. The molecule has 1 atom stereocenters. The van der Waals surface area contributed by atoms with E-state index in [1.807, 2.05) is 12.1 Å². The molecule has 1 aliphatic carbocycles. The van der Waals surface area contributed by atoms with Gasteiger partial charge in [-0.1, -0.05) is 51.1 Å². The van der Waals surface area contributed by atoms with Crippen molar-refractivity contribution in [3.05, 3.63) is 64.7 Å². The van der Waals surface area contributed by atoms with Crippen molar-refractivity contribution in [2.24, 2.45) is 0 Å². The summed E-state index contributed by atoms with van der Waals surface area (Å²) >= 11 is 0. The average Bonchev–Trinajstić information content (AvgIpc) is 3.09. The summed E-state index contributed by atoms with van der Waals surface area (Å²) in [5.41, 5.74) is 4.03. The van der Waals surface area contributed by atoms with E-state index in [1.165, 1.54) is 11.1 Å². The molecular weight excluding hydrogens is 374 g/mol. The maximum atomic E-state index is 12.6. The molecule has 1 aliphatic rings. The second-order valence-electron chi connectivity index (χ2n) is 8.40. The quantitative estimate of drug-likeness (QED) is 0.774. The van der Waals surface area contributed by atoms with Crippen LogP contribution in [0.15, 0.2) is 47.4 Å². The SMILES string of the molecule is CC(C)(C)c1ccc(S(=O)(=O)NCC(C(=O)O)c2ccc3c(c2)CCC3)cc1. The zero-order valence-electron chi connectivity index (χ0n) is 16.5. The molecular formula is C22H27NO4S. The van der Waals surface area contributed by atoms with Gasteiger partial charge < -0.3 is 5.11 Å². The minimum absolute atomic E-state index is 0.0717. The normalized spacial score (nSPS) is 15.2. The maximum Gasteiger partial charge on any atom is 0.312 e.